The summed E-state index contributed by atoms with van der Waals surface area (Å²) in [5.41, 5.74) is 1.23. The van der Waals surface area contributed by atoms with Crippen molar-refractivity contribution in [2.45, 2.75) is 25.0 Å². The van der Waals surface area contributed by atoms with Crippen LogP contribution in [0.4, 0.5) is 0 Å². The van der Waals surface area contributed by atoms with E-state index < -0.39 is 0 Å². The summed E-state index contributed by atoms with van der Waals surface area (Å²) < 4.78 is 17.4. The van der Waals surface area contributed by atoms with E-state index in [0.29, 0.717) is 12.5 Å². The van der Waals surface area contributed by atoms with E-state index in [1.807, 2.05) is 42.7 Å². The summed E-state index contributed by atoms with van der Waals surface area (Å²) in [4.78, 5) is 4.30. The minimum absolute atomic E-state index is 0.00825. The summed E-state index contributed by atoms with van der Waals surface area (Å²) in [5, 5.41) is 3.71. The fraction of sp³-hybridized carbons (Fsp3) is 0.450. The summed E-state index contributed by atoms with van der Waals surface area (Å²) in [7, 11) is 0. The van der Waals surface area contributed by atoms with Gasteiger partial charge in [-0.3, -0.25) is 4.98 Å². The fourth-order valence-electron chi connectivity index (χ4n) is 3.59. The number of pyridine rings is 1. The first kappa shape index (κ1) is 16.4. The highest BCUT2D eigenvalue weighted by Crippen LogP contribution is 2.32. The van der Waals surface area contributed by atoms with Crippen molar-refractivity contribution in [3.05, 3.63) is 54.4 Å². The van der Waals surface area contributed by atoms with Crippen LogP contribution in [-0.4, -0.2) is 37.5 Å². The Bertz CT molecular complexity index is 674. The van der Waals surface area contributed by atoms with E-state index in [0.717, 1.165) is 44.1 Å². The van der Waals surface area contributed by atoms with Crippen LogP contribution in [-0.2, 0) is 4.74 Å². The molecule has 0 unspecified atom stereocenters. The lowest BCUT2D eigenvalue weighted by molar-refractivity contribution is 0.0474. The zero-order chi connectivity index (χ0) is 16.9. The largest absolute Gasteiger partial charge is 0.486 e. The molecule has 0 amide bonds. The van der Waals surface area contributed by atoms with Crippen molar-refractivity contribution in [2.24, 2.45) is 5.92 Å². The number of nitrogens with zero attached hydrogens (tertiary/aromatic N) is 1. The number of hydrogen-bond donors (Lipinski definition) is 1. The molecule has 2 aromatic rings. The first-order chi connectivity index (χ1) is 12.4. The summed E-state index contributed by atoms with van der Waals surface area (Å²) in [6.07, 6.45) is 5.92. The molecular formula is C20H24N2O3. The Kier molecular flexibility index (Phi) is 5.14. The quantitative estimate of drug-likeness (QED) is 0.907. The van der Waals surface area contributed by atoms with E-state index in [9.17, 15) is 0 Å². The molecule has 132 valence electrons. The molecule has 5 nitrogen and oxygen atoms in total. The normalized spacial score (nSPS) is 21.7. The molecule has 2 atom stereocenters. The van der Waals surface area contributed by atoms with Gasteiger partial charge in [-0.25, -0.2) is 0 Å². The maximum absolute atomic E-state index is 6.08. The molecule has 5 heteroatoms. The Morgan fingerprint density at radius 2 is 1.92 bits per heavy atom. The van der Waals surface area contributed by atoms with Crippen LogP contribution in [0.3, 0.4) is 0 Å². The second-order valence-electron chi connectivity index (χ2n) is 6.62. The zero-order valence-electron chi connectivity index (χ0n) is 14.3. The highest BCUT2D eigenvalue weighted by Gasteiger charge is 2.28. The third kappa shape index (κ3) is 3.94. The van der Waals surface area contributed by atoms with Crippen molar-refractivity contribution in [3.8, 4) is 11.5 Å². The molecule has 0 bridgehead atoms. The fourth-order valence-corrected chi connectivity index (χ4v) is 3.59. The lowest BCUT2D eigenvalue weighted by Crippen LogP contribution is -2.42. The van der Waals surface area contributed by atoms with E-state index >= 15 is 0 Å². The first-order valence-electron chi connectivity index (χ1n) is 8.99. The van der Waals surface area contributed by atoms with E-state index in [1.165, 1.54) is 5.56 Å². The van der Waals surface area contributed by atoms with Crippen LogP contribution in [0.25, 0.3) is 0 Å². The van der Waals surface area contributed by atoms with Crippen LogP contribution in [0.15, 0.2) is 48.8 Å². The van der Waals surface area contributed by atoms with Crippen molar-refractivity contribution in [1.82, 2.24) is 10.3 Å². The van der Waals surface area contributed by atoms with Gasteiger partial charge in [-0.15, -0.1) is 0 Å². The predicted molar refractivity (Wildman–Crippen MR) is 94.9 cm³/mol. The Morgan fingerprint density at radius 1 is 1.08 bits per heavy atom. The van der Waals surface area contributed by atoms with Gasteiger partial charge < -0.3 is 19.5 Å². The molecule has 1 aromatic heterocycles. The number of para-hydroxylation sites is 2. The molecule has 4 rings (SSSR count). The van der Waals surface area contributed by atoms with Gasteiger partial charge in [0.1, 0.15) is 12.7 Å². The molecule has 1 saturated heterocycles. The summed E-state index contributed by atoms with van der Waals surface area (Å²) in [6.45, 7) is 2.97. The SMILES string of the molecule is c1cncc([C@@H](NC[C@@H]2COc3ccccc3O2)C2CCOCC2)c1. The molecule has 1 aromatic carbocycles. The zero-order valence-corrected chi connectivity index (χ0v) is 14.3. The molecule has 0 spiro atoms. The first-order valence-corrected chi connectivity index (χ1v) is 8.99. The van der Waals surface area contributed by atoms with E-state index in [-0.39, 0.29) is 12.1 Å². The van der Waals surface area contributed by atoms with Crippen LogP contribution in [0, 0.1) is 5.92 Å². The van der Waals surface area contributed by atoms with E-state index in [2.05, 4.69) is 16.4 Å². The van der Waals surface area contributed by atoms with E-state index in [1.54, 1.807) is 0 Å². The van der Waals surface area contributed by atoms with Crippen molar-refractivity contribution < 1.29 is 14.2 Å². The van der Waals surface area contributed by atoms with Crippen LogP contribution < -0.4 is 14.8 Å². The second-order valence-corrected chi connectivity index (χ2v) is 6.62. The van der Waals surface area contributed by atoms with Gasteiger partial charge in [-0.1, -0.05) is 18.2 Å². The number of fused-ring (bicyclic) bond motifs is 1. The van der Waals surface area contributed by atoms with Crippen LogP contribution in [0.2, 0.25) is 0 Å². The number of benzene rings is 1. The standard InChI is InChI=1S/C20H24N2O3/c1-2-6-19-18(5-1)24-14-17(25-19)13-22-20(15-7-10-23-11-8-15)16-4-3-9-21-12-16/h1-6,9,12,15,17,20,22H,7-8,10-11,13-14H2/t17-,20+/m1/s1. The van der Waals surface area contributed by atoms with Crippen LogP contribution in [0.5, 0.6) is 11.5 Å². The minimum atomic E-state index is 0.00825. The van der Waals surface area contributed by atoms with Gasteiger partial charge in [0.15, 0.2) is 11.5 Å². The summed E-state index contributed by atoms with van der Waals surface area (Å²) in [5.74, 6) is 2.20. The molecule has 3 heterocycles. The molecule has 2 aliphatic heterocycles. The molecule has 1 N–H and O–H groups in total. The second kappa shape index (κ2) is 7.85. The van der Waals surface area contributed by atoms with Crippen molar-refractivity contribution in [3.63, 3.8) is 0 Å². The smallest absolute Gasteiger partial charge is 0.161 e. The number of ether oxygens (including phenoxy) is 3. The van der Waals surface area contributed by atoms with Gasteiger partial charge in [-0.2, -0.15) is 0 Å². The number of hydrogen-bond acceptors (Lipinski definition) is 5. The van der Waals surface area contributed by atoms with Gasteiger partial charge >= 0.3 is 0 Å². The van der Waals surface area contributed by atoms with Gasteiger partial charge in [0.05, 0.1) is 0 Å². The summed E-state index contributed by atoms with van der Waals surface area (Å²) >= 11 is 0. The average Bonchev–Trinajstić information content (AvgIpc) is 2.70. The Labute approximate surface area is 148 Å². The molecule has 0 saturated carbocycles. The third-order valence-corrected chi connectivity index (χ3v) is 4.91. The van der Waals surface area contributed by atoms with Gasteiger partial charge in [0, 0.05) is 38.2 Å². The predicted octanol–water partition coefficient (Wildman–Crippen LogP) is 2.98. The monoisotopic (exact) mass is 340 g/mol. The summed E-state index contributed by atoms with van der Waals surface area (Å²) in [6, 6.07) is 12.2. The Balaban J connectivity index is 1.42. The van der Waals surface area contributed by atoms with Gasteiger partial charge in [-0.05, 0) is 42.5 Å². The van der Waals surface area contributed by atoms with Crippen LogP contribution in [0.1, 0.15) is 24.4 Å². The number of nitrogens with one attached hydrogen (secondary N) is 1. The van der Waals surface area contributed by atoms with Crippen LogP contribution >= 0.6 is 0 Å². The Morgan fingerprint density at radius 3 is 2.72 bits per heavy atom. The third-order valence-electron chi connectivity index (χ3n) is 4.91. The maximum Gasteiger partial charge on any atom is 0.161 e. The van der Waals surface area contributed by atoms with Crippen molar-refractivity contribution in [2.75, 3.05) is 26.4 Å². The minimum Gasteiger partial charge on any atom is -0.486 e. The molecular weight excluding hydrogens is 316 g/mol. The highest BCUT2D eigenvalue weighted by molar-refractivity contribution is 5.40. The average molecular weight is 340 g/mol. The number of aromatic nitrogens is 1. The van der Waals surface area contributed by atoms with Gasteiger partial charge in [0.2, 0.25) is 0 Å². The maximum atomic E-state index is 6.08. The topological polar surface area (TPSA) is 52.6 Å². The van der Waals surface area contributed by atoms with E-state index in [4.69, 9.17) is 14.2 Å². The number of rotatable bonds is 5. The molecule has 1 fully saturated rings. The van der Waals surface area contributed by atoms with Crippen molar-refractivity contribution >= 4 is 0 Å². The lowest BCUT2D eigenvalue weighted by atomic mass is 9.87. The highest BCUT2D eigenvalue weighted by atomic mass is 16.6. The van der Waals surface area contributed by atoms with Gasteiger partial charge in [0.25, 0.3) is 0 Å². The molecule has 0 radical (unpaired) electrons. The molecule has 2 aliphatic rings. The molecule has 0 aliphatic carbocycles. The lowest BCUT2D eigenvalue weighted by Gasteiger charge is -2.33. The Hall–Kier alpha value is -2.11. The molecule has 25 heavy (non-hydrogen) atoms. The van der Waals surface area contributed by atoms with Crippen molar-refractivity contribution in [1.29, 1.82) is 0 Å².